The SMILES string of the molecule is CCOc1cccc(NCCc2ncon2)c1N. The van der Waals surface area contributed by atoms with E-state index in [1.807, 2.05) is 25.1 Å². The summed E-state index contributed by atoms with van der Waals surface area (Å²) in [5.41, 5.74) is 7.46. The van der Waals surface area contributed by atoms with Gasteiger partial charge in [-0.3, -0.25) is 0 Å². The molecule has 0 unspecified atom stereocenters. The highest BCUT2D eigenvalue weighted by Gasteiger charge is 2.05. The third-order valence-corrected chi connectivity index (χ3v) is 2.44. The Hall–Kier alpha value is -2.24. The lowest BCUT2D eigenvalue weighted by atomic mass is 10.2. The van der Waals surface area contributed by atoms with Crippen LogP contribution in [0.5, 0.6) is 5.75 Å². The maximum Gasteiger partial charge on any atom is 0.213 e. The molecule has 1 heterocycles. The minimum atomic E-state index is 0.594. The Morgan fingerprint density at radius 2 is 2.33 bits per heavy atom. The summed E-state index contributed by atoms with van der Waals surface area (Å²) in [6, 6.07) is 5.66. The number of benzene rings is 1. The first-order valence-corrected chi connectivity index (χ1v) is 5.81. The van der Waals surface area contributed by atoms with Crippen LogP contribution in [0.1, 0.15) is 12.7 Å². The van der Waals surface area contributed by atoms with E-state index in [-0.39, 0.29) is 0 Å². The smallest absolute Gasteiger partial charge is 0.213 e. The van der Waals surface area contributed by atoms with Gasteiger partial charge in [0, 0.05) is 13.0 Å². The summed E-state index contributed by atoms with van der Waals surface area (Å²) in [6.07, 6.45) is 1.99. The summed E-state index contributed by atoms with van der Waals surface area (Å²) in [5, 5.41) is 6.96. The topological polar surface area (TPSA) is 86.2 Å². The maximum atomic E-state index is 5.99. The second kappa shape index (κ2) is 5.90. The van der Waals surface area contributed by atoms with E-state index in [0.717, 1.165) is 5.69 Å². The van der Waals surface area contributed by atoms with Crippen LogP contribution in [-0.4, -0.2) is 23.3 Å². The van der Waals surface area contributed by atoms with Crippen LogP contribution in [0.4, 0.5) is 11.4 Å². The molecule has 0 fully saturated rings. The van der Waals surface area contributed by atoms with Crippen molar-refractivity contribution >= 4 is 11.4 Å². The second-order valence-corrected chi connectivity index (χ2v) is 3.67. The molecular formula is C12H16N4O2. The normalized spacial score (nSPS) is 10.3. The van der Waals surface area contributed by atoms with Gasteiger partial charge in [0.2, 0.25) is 6.39 Å². The van der Waals surface area contributed by atoms with Crippen LogP contribution in [0.25, 0.3) is 0 Å². The molecule has 0 amide bonds. The van der Waals surface area contributed by atoms with E-state index >= 15 is 0 Å². The van der Waals surface area contributed by atoms with Crippen molar-refractivity contribution in [3.8, 4) is 5.75 Å². The fraction of sp³-hybridized carbons (Fsp3) is 0.333. The van der Waals surface area contributed by atoms with Gasteiger partial charge < -0.3 is 20.3 Å². The number of nitrogens with two attached hydrogens (primary N) is 1. The highest BCUT2D eigenvalue weighted by Crippen LogP contribution is 2.29. The van der Waals surface area contributed by atoms with E-state index in [1.165, 1.54) is 6.39 Å². The van der Waals surface area contributed by atoms with Crippen molar-refractivity contribution in [2.45, 2.75) is 13.3 Å². The van der Waals surface area contributed by atoms with E-state index in [9.17, 15) is 0 Å². The Kier molecular flexibility index (Phi) is 4.01. The molecule has 2 rings (SSSR count). The molecule has 6 nitrogen and oxygen atoms in total. The van der Waals surface area contributed by atoms with Crippen LogP contribution in [-0.2, 0) is 6.42 Å². The van der Waals surface area contributed by atoms with E-state index in [1.54, 1.807) is 0 Å². The Balaban J connectivity index is 1.94. The first kappa shape index (κ1) is 12.2. The molecule has 3 N–H and O–H groups in total. The van der Waals surface area contributed by atoms with Gasteiger partial charge in [-0.1, -0.05) is 11.2 Å². The minimum Gasteiger partial charge on any atom is -0.492 e. The number of nitrogen functional groups attached to an aromatic ring is 1. The Morgan fingerprint density at radius 3 is 3.06 bits per heavy atom. The van der Waals surface area contributed by atoms with Crippen LogP contribution in [0.15, 0.2) is 29.1 Å². The van der Waals surface area contributed by atoms with Crippen molar-refractivity contribution in [3.63, 3.8) is 0 Å². The van der Waals surface area contributed by atoms with Gasteiger partial charge in [0.1, 0.15) is 5.75 Å². The molecule has 6 heteroatoms. The lowest BCUT2D eigenvalue weighted by Gasteiger charge is -2.12. The highest BCUT2D eigenvalue weighted by atomic mass is 16.5. The van der Waals surface area contributed by atoms with E-state index < -0.39 is 0 Å². The first-order valence-electron chi connectivity index (χ1n) is 5.81. The van der Waals surface area contributed by atoms with Crippen molar-refractivity contribution in [3.05, 3.63) is 30.4 Å². The van der Waals surface area contributed by atoms with Gasteiger partial charge in [-0.15, -0.1) is 0 Å². The molecule has 0 saturated carbocycles. The number of nitrogens with zero attached hydrogens (tertiary/aromatic N) is 2. The summed E-state index contributed by atoms with van der Waals surface area (Å²) >= 11 is 0. The Morgan fingerprint density at radius 1 is 1.44 bits per heavy atom. The van der Waals surface area contributed by atoms with Gasteiger partial charge in [-0.25, -0.2) is 0 Å². The number of nitrogens with one attached hydrogen (secondary N) is 1. The van der Waals surface area contributed by atoms with Crippen LogP contribution in [0.2, 0.25) is 0 Å². The van der Waals surface area contributed by atoms with E-state index in [4.69, 9.17) is 10.5 Å². The van der Waals surface area contributed by atoms with Crippen molar-refractivity contribution in [2.75, 3.05) is 24.2 Å². The number of rotatable bonds is 6. The van der Waals surface area contributed by atoms with Crippen LogP contribution in [0.3, 0.4) is 0 Å². The molecule has 0 atom stereocenters. The highest BCUT2D eigenvalue weighted by molar-refractivity contribution is 5.72. The van der Waals surface area contributed by atoms with Gasteiger partial charge in [0.05, 0.1) is 18.0 Å². The maximum absolute atomic E-state index is 5.99. The van der Waals surface area contributed by atoms with Crippen LogP contribution < -0.4 is 15.8 Å². The molecule has 0 aliphatic carbocycles. The Bertz CT molecular complexity index is 485. The molecule has 0 aliphatic rings. The van der Waals surface area contributed by atoms with Gasteiger partial charge in [-0.2, -0.15) is 4.98 Å². The third-order valence-electron chi connectivity index (χ3n) is 2.44. The average molecular weight is 248 g/mol. The summed E-state index contributed by atoms with van der Waals surface area (Å²) in [4.78, 5) is 3.94. The van der Waals surface area contributed by atoms with Crippen LogP contribution in [0, 0.1) is 0 Å². The number of hydrogen-bond acceptors (Lipinski definition) is 6. The lowest BCUT2D eigenvalue weighted by molar-refractivity contribution is 0.342. The fourth-order valence-electron chi connectivity index (χ4n) is 1.59. The van der Waals surface area contributed by atoms with Gasteiger partial charge in [0.25, 0.3) is 0 Å². The molecule has 1 aromatic heterocycles. The van der Waals surface area contributed by atoms with Crippen molar-refractivity contribution in [2.24, 2.45) is 0 Å². The molecule has 2 aromatic rings. The average Bonchev–Trinajstić information content (AvgIpc) is 2.87. The predicted molar refractivity (Wildman–Crippen MR) is 68.5 cm³/mol. The Labute approximate surface area is 105 Å². The molecule has 0 spiro atoms. The van der Waals surface area contributed by atoms with Crippen molar-refractivity contribution in [1.29, 1.82) is 0 Å². The van der Waals surface area contributed by atoms with Crippen molar-refractivity contribution in [1.82, 2.24) is 10.1 Å². The van der Waals surface area contributed by atoms with E-state index in [0.29, 0.717) is 36.8 Å². The molecule has 0 bridgehead atoms. The molecule has 0 saturated heterocycles. The lowest BCUT2D eigenvalue weighted by Crippen LogP contribution is -2.08. The summed E-state index contributed by atoms with van der Waals surface area (Å²) in [7, 11) is 0. The summed E-state index contributed by atoms with van der Waals surface area (Å²) in [5.74, 6) is 1.36. The largest absolute Gasteiger partial charge is 0.492 e. The number of hydrogen-bond donors (Lipinski definition) is 2. The quantitative estimate of drug-likeness (QED) is 0.757. The first-order chi connectivity index (χ1) is 8.81. The third kappa shape index (κ3) is 2.91. The molecule has 0 aliphatic heterocycles. The molecule has 18 heavy (non-hydrogen) atoms. The molecule has 0 radical (unpaired) electrons. The zero-order valence-corrected chi connectivity index (χ0v) is 10.2. The van der Waals surface area contributed by atoms with Gasteiger partial charge in [-0.05, 0) is 19.1 Å². The van der Waals surface area contributed by atoms with Gasteiger partial charge in [0.15, 0.2) is 5.82 Å². The predicted octanol–water partition coefficient (Wildman–Crippen LogP) is 1.71. The molecular weight excluding hydrogens is 232 g/mol. The second-order valence-electron chi connectivity index (χ2n) is 3.67. The number of anilines is 2. The minimum absolute atomic E-state index is 0.594. The molecule has 96 valence electrons. The fourth-order valence-corrected chi connectivity index (χ4v) is 1.59. The summed E-state index contributed by atoms with van der Waals surface area (Å²) in [6.45, 7) is 3.20. The van der Waals surface area contributed by atoms with Crippen LogP contribution >= 0.6 is 0 Å². The monoisotopic (exact) mass is 248 g/mol. The van der Waals surface area contributed by atoms with E-state index in [2.05, 4.69) is 20.0 Å². The number of para-hydroxylation sites is 1. The molecule has 1 aromatic carbocycles. The number of aromatic nitrogens is 2. The number of ether oxygens (including phenoxy) is 1. The standard InChI is InChI=1S/C12H16N4O2/c1-2-17-10-5-3-4-9(12(10)13)14-7-6-11-15-8-18-16-11/h3-5,8,14H,2,6-7,13H2,1H3. The zero-order valence-electron chi connectivity index (χ0n) is 10.2. The van der Waals surface area contributed by atoms with Crippen molar-refractivity contribution < 1.29 is 9.26 Å². The van der Waals surface area contributed by atoms with Gasteiger partial charge >= 0.3 is 0 Å². The zero-order chi connectivity index (χ0) is 12.8. The summed E-state index contributed by atoms with van der Waals surface area (Å²) < 4.78 is 10.1.